The number of alkyl halides is 3. The second kappa shape index (κ2) is 8.51. The van der Waals surface area contributed by atoms with Crippen molar-refractivity contribution in [3.05, 3.63) is 35.3 Å². The molecule has 2 aromatic rings. The number of benzene rings is 1. The van der Waals surface area contributed by atoms with Gasteiger partial charge in [-0.05, 0) is 54.2 Å². The maximum atomic E-state index is 13.5. The highest BCUT2D eigenvalue weighted by Gasteiger charge is 2.49. The first kappa shape index (κ1) is 23.3. The molecule has 0 unspecified atom stereocenters. The third-order valence-electron chi connectivity index (χ3n) is 4.88. The van der Waals surface area contributed by atoms with Gasteiger partial charge in [-0.15, -0.1) is 0 Å². The molecule has 0 radical (unpaired) electrons. The maximum absolute atomic E-state index is 13.5. The van der Waals surface area contributed by atoms with Crippen molar-refractivity contribution in [2.24, 2.45) is 4.99 Å². The number of hydrogen-bond acceptors (Lipinski definition) is 9. The van der Waals surface area contributed by atoms with Gasteiger partial charge in [0.2, 0.25) is 5.82 Å². The number of nitrogens with one attached hydrogen (secondary N) is 3. The number of nitrogens with zero attached hydrogens (tertiary/aromatic N) is 3. The van der Waals surface area contributed by atoms with Crippen molar-refractivity contribution in [3.8, 4) is 0 Å². The molecule has 1 heterocycles. The van der Waals surface area contributed by atoms with E-state index < -0.39 is 39.3 Å². The number of hydrogen-bond donors (Lipinski definition) is 4. The summed E-state index contributed by atoms with van der Waals surface area (Å²) in [6.07, 6.45) is -2.56. The number of halogens is 4. The van der Waals surface area contributed by atoms with E-state index in [1.54, 1.807) is 5.48 Å². The van der Waals surface area contributed by atoms with E-state index in [4.69, 9.17) is 4.18 Å². The molecule has 2 aliphatic rings. The van der Waals surface area contributed by atoms with E-state index in [0.717, 1.165) is 18.9 Å². The van der Waals surface area contributed by atoms with Crippen molar-refractivity contribution in [1.82, 2.24) is 20.5 Å². The lowest BCUT2D eigenvalue weighted by molar-refractivity contribution is -0.139. The summed E-state index contributed by atoms with van der Waals surface area (Å²) in [5.41, 5.74) is -1.43. The predicted octanol–water partition coefficient (Wildman–Crippen LogP) is 2.24. The molecule has 0 spiro atoms. The minimum Gasteiger partial charge on any atom is -0.362 e. The Labute approximate surface area is 184 Å². The highest BCUT2D eigenvalue weighted by Crippen LogP contribution is 2.41. The fourth-order valence-corrected chi connectivity index (χ4v) is 4.24. The van der Waals surface area contributed by atoms with E-state index in [0.29, 0.717) is 25.0 Å². The van der Waals surface area contributed by atoms with Crippen LogP contribution in [-0.4, -0.2) is 48.0 Å². The molecule has 2 fully saturated rings. The van der Waals surface area contributed by atoms with Crippen molar-refractivity contribution >= 4 is 27.6 Å². The summed E-state index contributed by atoms with van der Waals surface area (Å²) in [5, 5.41) is 19.3. The average Bonchev–Trinajstić information content (AvgIpc) is 3.64. The largest absolute Gasteiger partial charge is 0.419 e. The van der Waals surface area contributed by atoms with E-state index in [2.05, 4.69) is 30.0 Å². The lowest BCUT2D eigenvalue weighted by atomic mass is 10.2. The van der Waals surface area contributed by atoms with Crippen LogP contribution in [0.4, 0.5) is 29.1 Å². The Morgan fingerprint density at radius 2 is 2.03 bits per heavy atom. The molecule has 0 aliphatic heterocycles. The van der Waals surface area contributed by atoms with Gasteiger partial charge in [-0.25, -0.2) is 18.2 Å². The molecular weight excluding hydrogens is 476 g/mol. The molecule has 2 aliphatic carbocycles. The van der Waals surface area contributed by atoms with Gasteiger partial charge in [0.1, 0.15) is 11.4 Å². The van der Waals surface area contributed by atoms with Gasteiger partial charge in [-0.2, -0.15) is 26.3 Å². The van der Waals surface area contributed by atoms with Gasteiger partial charge in [-0.1, -0.05) is 0 Å². The van der Waals surface area contributed by atoms with E-state index in [-0.39, 0.29) is 29.8 Å². The van der Waals surface area contributed by atoms with Crippen LogP contribution in [0.2, 0.25) is 0 Å². The van der Waals surface area contributed by atoms with Crippen molar-refractivity contribution in [2.45, 2.75) is 43.5 Å². The molecule has 11 nitrogen and oxygen atoms in total. The van der Waals surface area contributed by atoms with Crippen LogP contribution in [0.25, 0.3) is 0 Å². The minimum atomic E-state index is -4.95. The van der Waals surface area contributed by atoms with Crippen molar-refractivity contribution in [3.63, 3.8) is 0 Å². The van der Waals surface area contributed by atoms with Crippen LogP contribution in [-0.2, 0) is 20.7 Å². The number of amidine groups is 1. The molecule has 0 amide bonds. The molecule has 4 N–H and O–H groups in total. The van der Waals surface area contributed by atoms with E-state index >= 15 is 0 Å². The van der Waals surface area contributed by atoms with E-state index in [9.17, 15) is 31.2 Å². The molecule has 1 aromatic heterocycles. The summed E-state index contributed by atoms with van der Waals surface area (Å²) in [6, 6.07) is 1.88. The summed E-state index contributed by atoms with van der Waals surface area (Å²) in [6.45, 7) is -0.0206. The number of rotatable bonds is 9. The summed E-state index contributed by atoms with van der Waals surface area (Å²) >= 11 is 0. The van der Waals surface area contributed by atoms with Crippen LogP contribution in [0.3, 0.4) is 0 Å². The topological polar surface area (TPSA) is 151 Å². The molecule has 0 bridgehead atoms. The maximum Gasteiger partial charge on any atom is 0.419 e. The third kappa shape index (κ3) is 5.76. The van der Waals surface area contributed by atoms with Crippen LogP contribution < -0.4 is 15.5 Å². The van der Waals surface area contributed by atoms with Gasteiger partial charge in [0.25, 0.3) is 0 Å². The predicted molar refractivity (Wildman–Crippen MR) is 103 cm³/mol. The van der Waals surface area contributed by atoms with Gasteiger partial charge in [-0.3, -0.25) is 10.7 Å². The van der Waals surface area contributed by atoms with Crippen molar-refractivity contribution < 1.29 is 40.0 Å². The first-order valence-corrected chi connectivity index (χ1v) is 11.1. The average molecular weight is 494 g/mol. The molecule has 1 aromatic carbocycles. The van der Waals surface area contributed by atoms with Crippen LogP contribution >= 0.6 is 0 Å². The molecule has 2 saturated carbocycles. The highest BCUT2D eigenvalue weighted by atomic mass is 32.2. The second-order valence-electron chi connectivity index (χ2n) is 7.66. The third-order valence-corrected chi connectivity index (χ3v) is 6.07. The molecule has 0 saturated heterocycles. The zero-order chi connectivity index (χ0) is 23.9. The Morgan fingerprint density at radius 1 is 1.30 bits per heavy atom. The van der Waals surface area contributed by atoms with E-state index in [1.807, 2.05) is 0 Å². The summed E-state index contributed by atoms with van der Waals surface area (Å²) < 4.78 is 88.7. The van der Waals surface area contributed by atoms with Crippen LogP contribution in [0.15, 0.2) is 27.8 Å². The lowest BCUT2D eigenvalue weighted by Crippen LogP contribution is -2.36. The summed E-state index contributed by atoms with van der Waals surface area (Å²) in [4.78, 5) is 3.80. The number of anilines is 1. The lowest BCUT2D eigenvalue weighted by Gasteiger charge is -2.17. The van der Waals surface area contributed by atoms with Crippen molar-refractivity contribution in [2.75, 3.05) is 11.9 Å². The van der Waals surface area contributed by atoms with Crippen molar-refractivity contribution in [1.29, 1.82) is 0 Å². The fourth-order valence-electron chi connectivity index (χ4n) is 2.86. The monoisotopic (exact) mass is 494 g/mol. The Balaban J connectivity index is 1.49. The first-order chi connectivity index (χ1) is 15.5. The number of hydroxylamine groups is 1. The van der Waals surface area contributed by atoms with E-state index in [1.165, 1.54) is 0 Å². The fraction of sp³-hybridized carbons (Fsp3) is 0.471. The second-order valence-corrected chi connectivity index (χ2v) is 8.97. The SMILES string of the molecule is O=S(=O)(NC1CC1)OC1(CNc2nonc2C(=Nc2ccc(F)c(C(F)(F)F)c2)NO)CC1. The summed E-state index contributed by atoms with van der Waals surface area (Å²) in [7, 11) is -3.94. The van der Waals surface area contributed by atoms with Crippen LogP contribution in [0, 0.1) is 5.82 Å². The molecule has 0 atom stereocenters. The zero-order valence-corrected chi connectivity index (χ0v) is 17.5. The Kier molecular flexibility index (Phi) is 6.02. The molecule has 180 valence electrons. The van der Waals surface area contributed by atoms with Gasteiger partial charge in [0, 0.05) is 12.6 Å². The smallest absolute Gasteiger partial charge is 0.362 e. The zero-order valence-electron chi connectivity index (χ0n) is 16.7. The quantitative estimate of drug-likeness (QED) is 0.178. The summed E-state index contributed by atoms with van der Waals surface area (Å²) in [5.74, 6) is -2.02. The Bertz CT molecular complexity index is 1160. The Morgan fingerprint density at radius 3 is 2.64 bits per heavy atom. The minimum absolute atomic E-state index is 0.0206. The highest BCUT2D eigenvalue weighted by molar-refractivity contribution is 7.84. The molecule has 4 rings (SSSR count). The molecule has 16 heteroatoms. The molecular formula is C17H18F4N6O5S. The van der Waals surface area contributed by atoms with Gasteiger partial charge >= 0.3 is 16.5 Å². The van der Waals surface area contributed by atoms with Gasteiger partial charge in [0.05, 0.1) is 11.3 Å². The number of aliphatic imine (C=N–C) groups is 1. The normalized spacial score (nSPS) is 18.3. The Hall–Kier alpha value is -2.82. The van der Waals surface area contributed by atoms with Crippen LogP contribution in [0.5, 0.6) is 0 Å². The molecule has 33 heavy (non-hydrogen) atoms. The van der Waals surface area contributed by atoms with Gasteiger partial charge < -0.3 is 5.32 Å². The number of aromatic nitrogens is 2. The van der Waals surface area contributed by atoms with Crippen LogP contribution in [0.1, 0.15) is 36.9 Å². The van der Waals surface area contributed by atoms with Gasteiger partial charge in [0.15, 0.2) is 11.5 Å². The first-order valence-electron chi connectivity index (χ1n) is 9.65. The standard InChI is InChI=1S/C17H18F4N6O5S/c18-12-4-3-10(7-11(12)17(19,20)21)23-15(24-28)13-14(26-32-25-13)22-8-16(5-6-16)31-33(29,30)27-9-1-2-9/h3-4,7,9,27-28H,1-2,5-6,8H2,(H,22,26)(H,23,24).